The molecule has 7 heteroatoms. The molecule has 1 N–H and O–H groups in total. The van der Waals surface area contributed by atoms with Crippen LogP contribution in [0.5, 0.6) is 0 Å². The molecule has 3 rings (SSSR count). The number of hydrogen-bond acceptors (Lipinski definition) is 4. The molecule has 0 fully saturated rings. The second-order valence-corrected chi connectivity index (χ2v) is 7.32. The fourth-order valence-electron chi connectivity index (χ4n) is 3.57. The second-order valence-electron chi connectivity index (χ2n) is 7.32. The third-order valence-electron chi connectivity index (χ3n) is 4.97. The van der Waals surface area contributed by atoms with Crippen LogP contribution >= 0.6 is 0 Å². The second kappa shape index (κ2) is 10.6. The molecular weight excluding hydrogens is 380 g/mol. The number of aromatic nitrogens is 2. The summed E-state index contributed by atoms with van der Waals surface area (Å²) in [6.07, 6.45) is 4.76. The van der Waals surface area contributed by atoms with E-state index in [9.17, 15) is 9.59 Å². The SMILES string of the molecule is CCCN(CCC)C(=O)Cn1c(CCCNC(=O)c2ccco2)nc2ccccc21. The minimum atomic E-state index is -0.224. The minimum absolute atomic E-state index is 0.120. The number of fused-ring (bicyclic) bond motifs is 1. The quantitative estimate of drug-likeness (QED) is 0.490. The Morgan fingerprint density at radius 3 is 2.57 bits per heavy atom. The van der Waals surface area contributed by atoms with Crippen LogP contribution in [0.4, 0.5) is 0 Å². The molecule has 2 amide bonds. The van der Waals surface area contributed by atoms with Crippen molar-refractivity contribution in [3.63, 3.8) is 0 Å². The molecule has 30 heavy (non-hydrogen) atoms. The number of hydrogen-bond donors (Lipinski definition) is 1. The third kappa shape index (κ3) is 5.28. The number of carbonyl (C=O) groups excluding carboxylic acids is 2. The van der Waals surface area contributed by atoms with E-state index in [-0.39, 0.29) is 18.4 Å². The average Bonchev–Trinajstić information content (AvgIpc) is 3.40. The molecule has 0 unspecified atom stereocenters. The molecule has 2 heterocycles. The number of imidazole rings is 1. The Balaban J connectivity index is 1.68. The fourth-order valence-corrected chi connectivity index (χ4v) is 3.57. The molecule has 0 atom stereocenters. The summed E-state index contributed by atoms with van der Waals surface area (Å²) in [5, 5.41) is 2.86. The van der Waals surface area contributed by atoms with E-state index >= 15 is 0 Å². The van der Waals surface area contributed by atoms with Crippen LogP contribution in [-0.2, 0) is 17.8 Å². The van der Waals surface area contributed by atoms with Crippen LogP contribution in [0, 0.1) is 0 Å². The lowest BCUT2D eigenvalue weighted by Gasteiger charge is -2.22. The Morgan fingerprint density at radius 2 is 1.87 bits per heavy atom. The molecule has 0 saturated heterocycles. The van der Waals surface area contributed by atoms with E-state index in [2.05, 4.69) is 19.2 Å². The van der Waals surface area contributed by atoms with Crippen LogP contribution in [0.1, 0.15) is 49.5 Å². The van der Waals surface area contributed by atoms with Gasteiger partial charge in [0.15, 0.2) is 5.76 Å². The van der Waals surface area contributed by atoms with Gasteiger partial charge in [0.2, 0.25) is 5.91 Å². The highest BCUT2D eigenvalue weighted by atomic mass is 16.3. The first-order chi connectivity index (χ1) is 14.6. The molecule has 160 valence electrons. The van der Waals surface area contributed by atoms with E-state index in [0.29, 0.717) is 18.7 Å². The van der Waals surface area contributed by atoms with Gasteiger partial charge in [-0.25, -0.2) is 4.98 Å². The van der Waals surface area contributed by atoms with Crippen molar-refractivity contribution in [2.24, 2.45) is 0 Å². The van der Waals surface area contributed by atoms with Gasteiger partial charge in [0, 0.05) is 26.1 Å². The van der Waals surface area contributed by atoms with Crippen molar-refractivity contribution in [1.82, 2.24) is 19.8 Å². The van der Waals surface area contributed by atoms with E-state index in [1.54, 1.807) is 12.1 Å². The topological polar surface area (TPSA) is 80.4 Å². The van der Waals surface area contributed by atoms with E-state index in [1.165, 1.54) is 6.26 Å². The Kier molecular flexibility index (Phi) is 7.65. The predicted molar refractivity (Wildman–Crippen MR) is 116 cm³/mol. The van der Waals surface area contributed by atoms with Crippen molar-refractivity contribution < 1.29 is 14.0 Å². The van der Waals surface area contributed by atoms with E-state index < -0.39 is 0 Å². The van der Waals surface area contributed by atoms with Crippen molar-refractivity contribution in [2.45, 2.75) is 46.1 Å². The highest BCUT2D eigenvalue weighted by molar-refractivity contribution is 5.91. The fraction of sp³-hybridized carbons (Fsp3) is 0.435. The molecule has 0 aliphatic rings. The van der Waals surface area contributed by atoms with Crippen LogP contribution in [0.2, 0.25) is 0 Å². The lowest BCUT2D eigenvalue weighted by atomic mass is 10.2. The Morgan fingerprint density at radius 1 is 1.10 bits per heavy atom. The Labute approximate surface area is 177 Å². The number of benzene rings is 1. The van der Waals surface area contributed by atoms with Crippen LogP contribution in [0.3, 0.4) is 0 Å². The van der Waals surface area contributed by atoms with Gasteiger partial charge in [-0.05, 0) is 43.5 Å². The number of nitrogens with zero attached hydrogens (tertiary/aromatic N) is 3. The smallest absolute Gasteiger partial charge is 0.286 e. The number of carbonyl (C=O) groups is 2. The molecule has 0 aliphatic carbocycles. The van der Waals surface area contributed by atoms with Crippen LogP contribution in [-0.4, -0.2) is 45.9 Å². The van der Waals surface area contributed by atoms with Crippen molar-refractivity contribution >= 4 is 22.8 Å². The van der Waals surface area contributed by atoms with Gasteiger partial charge in [-0.1, -0.05) is 26.0 Å². The van der Waals surface area contributed by atoms with Crippen LogP contribution in [0.25, 0.3) is 11.0 Å². The monoisotopic (exact) mass is 410 g/mol. The van der Waals surface area contributed by atoms with Gasteiger partial charge in [-0.2, -0.15) is 0 Å². The minimum Gasteiger partial charge on any atom is -0.459 e. The average molecular weight is 411 g/mol. The number of furan rings is 1. The molecule has 0 saturated carbocycles. The molecule has 0 radical (unpaired) electrons. The number of aryl methyl sites for hydroxylation is 1. The largest absolute Gasteiger partial charge is 0.459 e. The van der Waals surface area contributed by atoms with Gasteiger partial charge in [0.1, 0.15) is 12.4 Å². The maximum Gasteiger partial charge on any atom is 0.286 e. The molecular formula is C23H30N4O3. The summed E-state index contributed by atoms with van der Waals surface area (Å²) < 4.78 is 7.12. The van der Waals surface area contributed by atoms with Crippen molar-refractivity contribution in [3.8, 4) is 0 Å². The standard InChI is InChI=1S/C23H30N4O3/c1-3-14-26(15-4-2)22(28)17-27-19-10-6-5-9-18(19)25-21(27)12-7-13-24-23(29)20-11-8-16-30-20/h5-6,8-11,16H,3-4,7,12-15,17H2,1-2H3,(H,24,29). The van der Waals surface area contributed by atoms with Gasteiger partial charge in [-0.3, -0.25) is 9.59 Å². The summed E-state index contributed by atoms with van der Waals surface area (Å²) in [5.41, 5.74) is 1.85. The third-order valence-corrected chi connectivity index (χ3v) is 4.97. The molecule has 2 aromatic heterocycles. The summed E-state index contributed by atoms with van der Waals surface area (Å²) in [5.74, 6) is 1.07. The van der Waals surface area contributed by atoms with Gasteiger partial charge in [0.25, 0.3) is 5.91 Å². The van der Waals surface area contributed by atoms with Gasteiger partial charge >= 0.3 is 0 Å². The normalized spacial score (nSPS) is 11.0. The van der Waals surface area contributed by atoms with E-state index in [1.807, 2.05) is 33.7 Å². The first-order valence-corrected chi connectivity index (χ1v) is 10.7. The molecule has 7 nitrogen and oxygen atoms in total. The summed E-state index contributed by atoms with van der Waals surface area (Å²) in [6, 6.07) is 11.2. The van der Waals surface area contributed by atoms with Crippen molar-refractivity contribution in [3.05, 3.63) is 54.2 Å². The molecule has 1 aromatic carbocycles. The molecule has 0 aliphatic heterocycles. The highest BCUT2D eigenvalue weighted by Crippen LogP contribution is 2.18. The summed E-state index contributed by atoms with van der Waals surface area (Å²) in [4.78, 5) is 31.6. The van der Waals surface area contributed by atoms with Crippen molar-refractivity contribution in [1.29, 1.82) is 0 Å². The first-order valence-electron chi connectivity index (χ1n) is 10.7. The Bertz CT molecular complexity index is 956. The summed E-state index contributed by atoms with van der Waals surface area (Å²) in [7, 11) is 0. The molecule has 0 spiro atoms. The number of nitrogens with one attached hydrogen (secondary N) is 1. The zero-order valence-corrected chi connectivity index (χ0v) is 17.8. The van der Waals surface area contributed by atoms with Crippen molar-refractivity contribution in [2.75, 3.05) is 19.6 Å². The highest BCUT2D eigenvalue weighted by Gasteiger charge is 2.17. The Hall–Kier alpha value is -3.09. The summed E-state index contributed by atoms with van der Waals surface area (Å²) in [6.45, 7) is 6.51. The number of amides is 2. The number of rotatable bonds is 11. The van der Waals surface area contributed by atoms with Crippen LogP contribution in [0.15, 0.2) is 47.1 Å². The number of para-hydroxylation sites is 2. The van der Waals surface area contributed by atoms with E-state index in [0.717, 1.165) is 49.2 Å². The maximum absolute atomic E-state index is 12.9. The van der Waals surface area contributed by atoms with Gasteiger partial charge in [0.05, 0.1) is 17.3 Å². The van der Waals surface area contributed by atoms with Crippen LogP contribution < -0.4 is 5.32 Å². The van der Waals surface area contributed by atoms with Gasteiger partial charge < -0.3 is 19.2 Å². The van der Waals surface area contributed by atoms with E-state index in [4.69, 9.17) is 9.40 Å². The predicted octanol–water partition coefficient (Wildman–Crippen LogP) is 3.64. The lowest BCUT2D eigenvalue weighted by molar-refractivity contribution is -0.131. The zero-order chi connectivity index (χ0) is 21.3. The first kappa shape index (κ1) is 21.6. The summed E-state index contributed by atoms with van der Waals surface area (Å²) >= 11 is 0. The molecule has 3 aromatic rings. The zero-order valence-electron chi connectivity index (χ0n) is 17.8. The molecule has 0 bridgehead atoms. The lowest BCUT2D eigenvalue weighted by Crippen LogP contribution is -2.35. The van der Waals surface area contributed by atoms with Gasteiger partial charge in [-0.15, -0.1) is 0 Å². The maximum atomic E-state index is 12.9.